The summed E-state index contributed by atoms with van der Waals surface area (Å²) in [4.78, 5) is 28.1. The van der Waals surface area contributed by atoms with E-state index in [1.807, 2.05) is 54.6 Å². The molecule has 6 heteroatoms. The summed E-state index contributed by atoms with van der Waals surface area (Å²) < 4.78 is 11.2. The second kappa shape index (κ2) is 9.29. The Kier molecular flexibility index (Phi) is 6.03. The number of nitrogens with zero attached hydrogens (tertiary/aromatic N) is 1. The predicted molar refractivity (Wildman–Crippen MR) is 132 cm³/mol. The van der Waals surface area contributed by atoms with Crippen LogP contribution in [0.1, 0.15) is 48.1 Å². The number of Topliss-reactive ketones (excluding diaryl/α,β-unsaturated/α-hetero) is 1. The Hall–Kier alpha value is -4.06. The Balaban J connectivity index is 1.62. The van der Waals surface area contributed by atoms with Crippen LogP contribution < -0.4 is 9.47 Å². The third kappa shape index (κ3) is 4.28. The molecule has 0 radical (unpaired) electrons. The van der Waals surface area contributed by atoms with Crippen LogP contribution in [0, 0.1) is 0 Å². The predicted octanol–water partition coefficient (Wildman–Crippen LogP) is 5.20. The molecule has 178 valence electrons. The van der Waals surface area contributed by atoms with E-state index in [9.17, 15) is 14.7 Å². The van der Waals surface area contributed by atoms with Crippen LogP contribution in [0.5, 0.6) is 11.5 Å². The molecule has 2 aliphatic rings. The van der Waals surface area contributed by atoms with E-state index in [0.717, 1.165) is 16.7 Å². The number of fused-ring (bicyclic) bond motifs is 1. The fraction of sp³-hybridized carbons (Fsp3) is 0.241. The van der Waals surface area contributed by atoms with Gasteiger partial charge in [-0.05, 0) is 40.8 Å². The maximum Gasteiger partial charge on any atom is 0.295 e. The van der Waals surface area contributed by atoms with Crippen LogP contribution in [0.2, 0.25) is 0 Å². The highest BCUT2D eigenvalue weighted by Crippen LogP contribution is 2.42. The van der Waals surface area contributed by atoms with Crippen LogP contribution in [0.25, 0.3) is 5.76 Å². The number of rotatable bonds is 5. The highest BCUT2D eigenvalue weighted by molar-refractivity contribution is 6.46. The summed E-state index contributed by atoms with van der Waals surface area (Å²) in [7, 11) is 0. The van der Waals surface area contributed by atoms with Crippen molar-refractivity contribution in [2.24, 2.45) is 0 Å². The van der Waals surface area contributed by atoms with Gasteiger partial charge in [0.1, 0.15) is 19.0 Å². The van der Waals surface area contributed by atoms with Crippen LogP contribution in [0.3, 0.4) is 0 Å². The summed E-state index contributed by atoms with van der Waals surface area (Å²) in [5.74, 6) is -0.141. The van der Waals surface area contributed by atoms with E-state index in [1.54, 1.807) is 18.2 Å². The number of amides is 1. The number of carbonyl (C=O) groups excluding carboxylic acids is 2. The van der Waals surface area contributed by atoms with E-state index in [1.165, 1.54) is 4.90 Å². The summed E-state index contributed by atoms with van der Waals surface area (Å²) in [5.41, 5.74) is 3.29. The molecule has 0 saturated carbocycles. The van der Waals surface area contributed by atoms with Crippen molar-refractivity contribution in [2.75, 3.05) is 13.2 Å². The van der Waals surface area contributed by atoms with E-state index >= 15 is 0 Å². The first kappa shape index (κ1) is 22.7. The van der Waals surface area contributed by atoms with Gasteiger partial charge in [0, 0.05) is 12.1 Å². The second-order valence-corrected chi connectivity index (χ2v) is 9.09. The van der Waals surface area contributed by atoms with Gasteiger partial charge >= 0.3 is 0 Å². The highest BCUT2D eigenvalue weighted by Gasteiger charge is 2.46. The van der Waals surface area contributed by atoms with Gasteiger partial charge in [-0.25, -0.2) is 0 Å². The van der Waals surface area contributed by atoms with Gasteiger partial charge in [-0.15, -0.1) is 0 Å². The number of ether oxygens (including phenoxy) is 2. The Morgan fingerprint density at radius 2 is 1.63 bits per heavy atom. The molecule has 6 nitrogen and oxygen atoms in total. The number of ketones is 1. The molecule has 0 unspecified atom stereocenters. The molecule has 1 fully saturated rings. The largest absolute Gasteiger partial charge is 0.507 e. The van der Waals surface area contributed by atoms with Gasteiger partial charge in [-0.3, -0.25) is 9.59 Å². The number of benzene rings is 3. The third-order valence-electron chi connectivity index (χ3n) is 6.47. The maximum atomic E-state index is 13.3. The molecule has 3 aromatic rings. The highest BCUT2D eigenvalue weighted by atomic mass is 16.6. The summed E-state index contributed by atoms with van der Waals surface area (Å²) in [6, 6.07) is 21.7. The van der Waals surface area contributed by atoms with Gasteiger partial charge in [0.05, 0.1) is 11.6 Å². The number of hydrogen-bond acceptors (Lipinski definition) is 5. The maximum absolute atomic E-state index is 13.3. The zero-order chi connectivity index (χ0) is 24.5. The van der Waals surface area contributed by atoms with Crippen LogP contribution >= 0.6 is 0 Å². The molecular weight excluding hydrogens is 442 g/mol. The number of aliphatic hydroxyl groups is 1. The van der Waals surface area contributed by atoms with Crippen LogP contribution in [-0.4, -0.2) is 34.9 Å². The van der Waals surface area contributed by atoms with Crippen molar-refractivity contribution >= 4 is 17.4 Å². The average Bonchev–Trinajstić information content (AvgIpc) is 3.13. The van der Waals surface area contributed by atoms with Gasteiger partial charge in [0.15, 0.2) is 11.5 Å². The molecule has 0 spiro atoms. The molecule has 1 saturated heterocycles. The topological polar surface area (TPSA) is 76.1 Å². The molecule has 0 aliphatic carbocycles. The van der Waals surface area contributed by atoms with Gasteiger partial charge in [0.2, 0.25) is 0 Å². The smallest absolute Gasteiger partial charge is 0.295 e. The molecule has 35 heavy (non-hydrogen) atoms. The summed E-state index contributed by atoms with van der Waals surface area (Å²) in [6.07, 6.45) is 0. The van der Waals surface area contributed by atoms with E-state index in [0.29, 0.717) is 36.2 Å². The molecule has 1 N–H and O–H groups in total. The van der Waals surface area contributed by atoms with E-state index in [2.05, 4.69) is 13.8 Å². The SMILES string of the molecule is CC(C)c1ccc([C@@H]2/C(=C(\O)c3ccc4c(c3)OCCO4)C(=O)C(=O)N2Cc2ccccc2)cc1. The van der Waals surface area contributed by atoms with Gasteiger partial charge < -0.3 is 19.5 Å². The third-order valence-corrected chi connectivity index (χ3v) is 6.47. The minimum Gasteiger partial charge on any atom is -0.507 e. The number of likely N-dealkylation sites (tertiary alicyclic amines) is 1. The number of aliphatic hydroxyl groups excluding tert-OH is 1. The van der Waals surface area contributed by atoms with Crippen LogP contribution in [-0.2, 0) is 16.1 Å². The van der Waals surface area contributed by atoms with Gasteiger partial charge in [0.25, 0.3) is 11.7 Å². The first-order chi connectivity index (χ1) is 16.9. The number of hydrogen-bond donors (Lipinski definition) is 1. The van der Waals surface area contributed by atoms with Crippen molar-refractivity contribution < 1.29 is 24.2 Å². The summed E-state index contributed by atoms with van der Waals surface area (Å²) in [5, 5.41) is 11.4. The Morgan fingerprint density at radius 1 is 0.943 bits per heavy atom. The summed E-state index contributed by atoms with van der Waals surface area (Å²) in [6.45, 7) is 5.33. The zero-order valence-corrected chi connectivity index (χ0v) is 19.7. The van der Waals surface area contributed by atoms with Crippen molar-refractivity contribution in [3.63, 3.8) is 0 Å². The molecule has 2 aliphatic heterocycles. The van der Waals surface area contributed by atoms with E-state index < -0.39 is 17.7 Å². The molecule has 1 amide bonds. The van der Waals surface area contributed by atoms with Crippen molar-refractivity contribution in [1.82, 2.24) is 4.90 Å². The second-order valence-electron chi connectivity index (χ2n) is 9.09. The molecule has 5 rings (SSSR count). The van der Waals surface area contributed by atoms with Crippen LogP contribution in [0.4, 0.5) is 0 Å². The zero-order valence-electron chi connectivity index (χ0n) is 19.7. The van der Waals surface area contributed by atoms with Crippen molar-refractivity contribution in [2.45, 2.75) is 32.4 Å². The Morgan fingerprint density at radius 3 is 2.31 bits per heavy atom. The van der Waals surface area contributed by atoms with Crippen molar-refractivity contribution in [3.05, 3.63) is 101 Å². The fourth-order valence-corrected chi connectivity index (χ4v) is 4.58. The lowest BCUT2D eigenvalue weighted by Crippen LogP contribution is -2.29. The lowest BCUT2D eigenvalue weighted by atomic mass is 9.93. The van der Waals surface area contributed by atoms with E-state index in [4.69, 9.17) is 9.47 Å². The first-order valence-corrected chi connectivity index (χ1v) is 11.8. The lowest BCUT2D eigenvalue weighted by Gasteiger charge is -2.26. The molecule has 3 aromatic carbocycles. The minimum atomic E-state index is -0.718. The monoisotopic (exact) mass is 469 g/mol. The molecule has 2 heterocycles. The van der Waals surface area contributed by atoms with Crippen molar-refractivity contribution in [3.8, 4) is 11.5 Å². The lowest BCUT2D eigenvalue weighted by molar-refractivity contribution is -0.140. The summed E-state index contributed by atoms with van der Waals surface area (Å²) >= 11 is 0. The van der Waals surface area contributed by atoms with Crippen LogP contribution in [0.15, 0.2) is 78.4 Å². The molecular formula is C29H27NO5. The Bertz CT molecular complexity index is 1290. The standard InChI is InChI=1S/C29H27NO5/c1-18(2)20-8-10-21(11-9-20)26-25(27(31)22-12-13-23-24(16-22)35-15-14-34-23)28(32)29(33)30(26)17-19-6-4-3-5-7-19/h3-13,16,18,26,31H,14-15,17H2,1-2H3/b27-25+/t26-/m1/s1. The van der Waals surface area contributed by atoms with Crippen molar-refractivity contribution in [1.29, 1.82) is 0 Å². The number of carbonyl (C=O) groups is 2. The fourth-order valence-electron chi connectivity index (χ4n) is 4.58. The first-order valence-electron chi connectivity index (χ1n) is 11.8. The van der Waals surface area contributed by atoms with E-state index in [-0.39, 0.29) is 17.9 Å². The van der Waals surface area contributed by atoms with Gasteiger partial charge in [-0.2, -0.15) is 0 Å². The average molecular weight is 470 g/mol. The Labute approximate surface area is 204 Å². The normalized spacial score (nSPS) is 18.8. The quantitative estimate of drug-likeness (QED) is 0.316. The van der Waals surface area contributed by atoms with Gasteiger partial charge in [-0.1, -0.05) is 68.4 Å². The molecule has 1 atom stereocenters. The minimum absolute atomic E-state index is 0.0694. The molecule has 0 bridgehead atoms. The molecule has 0 aromatic heterocycles.